The summed E-state index contributed by atoms with van der Waals surface area (Å²) in [7, 11) is 1.41. The molecular formula is C10H18N2O3. The first-order valence-corrected chi connectivity index (χ1v) is 4.80. The van der Waals surface area contributed by atoms with Crippen LogP contribution in [0.1, 0.15) is 19.3 Å². The van der Waals surface area contributed by atoms with E-state index >= 15 is 0 Å². The number of nitrogens with one attached hydrogen (secondary N) is 1. The quantitative estimate of drug-likeness (QED) is 0.439. The van der Waals surface area contributed by atoms with Crippen molar-refractivity contribution in [1.29, 1.82) is 0 Å². The molecule has 0 aliphatic carbocycles. The van der Waals surface area contributed by atoms with Crippen LogP contribution in [-0.2, 0) is 14.3 Å². The van der Waals surface area contributed by atoms with Gasteiger partial charge in [-0.15, -0.1) is 6.58 Å². The molecule has 0 saturated carbocycles. The number of unbranched alkanes of at least 4 members (excludes halogenated alkanes) is 1. The van der Waals surface area contributed by atoms with Crippen molar-refractivity contribution < 1.29 is 14.3 Å². The summed E-state index contributed by atoms with van der Waals surface area (Å²) in [4.78, 5) is 22.1. The third-order valence-corrected chi connectivity index (χ3v) is 1.86. The standard InChI is InChI=1S/C10H18N2O3/c1-3-4-5-6-8(10(11)14)12-9(13)7-15-2/h3,8H,1,4-7H2,2H3,(H2,11,14)(H,12,13)/t8-/m0/s1. The van der Waals surface area contributed by atoms with Crippen molar-refractivity contribution >= 4 is 11.8 Å². The van der Waals surface area contributed by atoms with Crippen LogP contribution >= 0.6 is 0 Å². The van der Waals surface area contributed by atoms with Crippen molar-refractivity contribution in [2.75, 3.05) is 13.7 Å². The maximum absolute atomic E-state index is 11.1. The minimum atomic E-state index is -0.618. The molecule has 0 bridgehead atoms. The van der Waals surface area contributed by atoms with E-state index in [9.17, 15) is 9.59 Å². The van der Waals surface area contributed by atoms with Crippen molar-refractivity contribution in [3.8, 4) is 0 Å². The third-order valence-electron chi connectivity index (χ3n) is 1.86. The minimum absolute atomic E-state index is 0.0642. The van der Waals surface area contributed by atoms with E-state index in [0.717, 1.165) is 12.8 Å². The first-order valence-electron chi connectivity index (χ1n) is 4.80. The van der Waals surface area contributed by atoms with Crippen LogP contribution in [0, 0.1) is 0 Å². The molecule has 5 nitrogen and oxygen atoms in total. The number of hydrogen-bond donors (Lipinski definition) is 2. The van der Waals surface area contributed by atoms with E-state index in [1.54, 1.807) is 6.08 Å². The second-order valence-electron chi connectivity index (χ2n) is 3.18. The van der Waals surface area contributed by atoms with Crippen molar-refractivity contribution in [1.82, 2.24) is 5.32 Å². The van der Waals surface area contributed by atoms with Crippen molar-refractivity contribution in [2.45, 2.75) is 25.3 Å². The Morgan fingerprint density at radius 2 is 2.27 bits per heavy atom. The molecule has 0 aliphatic rings. The summed E-state index contributed by atoms with van der Waals surface area (Å²) < 4.78 is 4.63. The van der Waals surface area contributed by atoms with Crippen LogP contribution in [0.2, 0.25) is 0 Å². The van der Waals surface area contributed by atoms with Gasteiger partial charge in [0.1, 0.15) is 12.6 Å². The Kier molecular flexibility index (Phi) is 7.27. The number of carbonyl (C=O) groups excluding carboxylic acids is 2. The predicted octanol–water partition coefficient (Wildman–Crippen LogP) is -0.0408. The van der Waals surface area contributed by atoms with Gasteiger partial charge in [0.05, 0.1) is 0 Å². The van der Waals surface area contributed by atoms with E-state index in [1.165, 1.54) is 7.11 Å². The fourth-order valence-electron chi connectivity index (χ4n) is 1.12. The lowest BCUT2D eigenvalue weighted by atomic mass is 10.1. The third kappa shape index (κ3) is 6.68. The highest BCUT2D eigenvalue weighted by molar-refractivity contribution is 5.86. The molecule has 0 rings (SSSR count). The van der Waals surface area contributed by atoms with Crippen molar-refractivity contribution in [2.24, 2.45) is 5.73 Å². The van der Waals surface area contributed by atoms with Crippen molar-refractivity contribution in [3.05, 3.63) is 12.7 Å². The highest BCUT2D eigenvalue weighted by Crippen LogP contribution is 2.01. The molecule has 0 aromatic rings. The first-order chi connectivity index (χ1) is 7.11. The summed E-state index contributed by atoms with van der Waals surface area (Å²) in [6.45, 7) is 3.50. The number of allylic oxidation sites excluding steroid dienone is 1. The second-order valence-corrected chi connectivity index (χ2v) is 3.18. The molecule has 86 valence electrons. The van der Waals surface area contributed by atoms with Crippen LogP contribution < -0.4 is 11.1 Å². The Hall–Kier alpha value is -1.36. The molecule has 15 heavy (non-hydrogen) atoms. The molecule has 2 amide bonds. The van der Waals surface area contributed by atoms with Gasteiger partial charge in [0, 0.05) is 7.11 Å². The number of primary amides is 1. The summed E-state index contributed by atoms with van der Waals surface area (Å²) >= 11 is 0. The zero-order chi connectivity index (χ0) is 11.7. The maximum Gasteiger partial charge on any atom is 0.246 e. The largest absolute Gasteiger partial charge is 0.375 e. The van der Waals surface area contributed by atoms with Gasteiger partial charge in [-0.3, -0.25) is 9.59 Å². The molecule has 0 radical (unpaired) electrons. The molecule has 0 aromatic heterocycles. The molecule has 3 N–H and O–H groups in total. The van der Waals surface area contributed by atoms with Gasteiger partial charge >= 0.3 is 0 Å². The molecule has 0 aromatic carbocycles. The van der Waals surface area contributed by atoms with Gasteiger partial charge < -0.3 is 15.8 Å². The molecule has 0 aliphatic heterocycles. The number of nitrogens with two attached hydrogens (primary N) is 1. The highest BCUT2D eigenvalue weighted by atomic mass is 16.5. The van der Waals surface area contributed by atoms with Crippen molar-refractivity contribution in [3.63, 3.8) is 0 Å². The first kappa shape index (κ1) is 13.6. The van der Waals surface area contributed by atoms with Crippen LogP contribution in [0.5, 0.6) is 0 Å². The SMILES string of the molecule is C=CCCC[C@H](NC(=O)COC)C(N)=O. The Morgan fingerprint density at radius 3 is 2.73 bits per heavy atom. The van der Waals surface area contributed by atoms with Gasteiger partial charge in [-0.2, -0.15) is 0 Å². The van der Waals surface area contributed by atoms with Crippen LogP contribution in [0.3, 0.4) is 0 Å². The Balaban J connectivity index is 3.98. The highest BCUT2D eigenvalue weighted by Gasteiger charge is 2.16. The molecule has 5 heteroatoms. The zero-order valence-corrected chi connectivity index (χ0v) is 8.99. The fraction of sp³-hybridized carbons (Fsp3) is 0.600. The van der Waals surface area contributed by atoms with Gasteiger partial charge in [-0.05, 0) is 19.3 Å². The van der Waals surface area contributed by atoms with E-state index in [1.807, 2.05) is 0 Å². The molecule has 1 atom stereocenters. The van der Waals surface area contributed by atoms with E-state index in [2.05, 4.69) is 16.6 Å². The topological polar surface area (TPSA) is 81.4 Å². The predicted molar refractivity (Wildman–Crippen MR) is 57.0 cm³/mol. The van der Waals surface area contributed by atoms with Crippen LogP contribution in [0.25, 0.3) is 0 Å². The van der Waals surface area contributed by atoms with Crippen LogP contribution in [-0.4, -0.2) is 31.6 Å². The lowest BCUT2D eigenvalue weighted by Gasteiger charge is -2.14. The lowest BCUT2D eigenvalue weighted by Crippen LogP contribution is -2.45. The number of amides is 2. The summed E-state index contributed by atoms with van der Waals surface area (Å²) in [6, 6.07) is -0.618. The lowest BCUT2D eigenvalue weighted by molar-refractivity contribution is -0.129. The van der Waals surface area contributed by atoms with E-state index < -0.39 is 11.9 Å². The van der Waals surface area contributed by atoms with E-state index in [4.69, 9.17) is 5.73 Å². The number of hydrogen-bond acceptors (Lipinski definition) is 3. The second kappa shape index (κ2) is 7.99. The normalized spacial score (nSPS) is 11.8. The van der Waals surface area contributed by atoms with E-state index in [0.29, 0.717) is 6.42 Å². The molecule has 0 heterocycles. The molecule has 0 fully saturated rings. The fourth-order valence-corrected chi connectivity index (χ4v) is 1.12. The van der Waals surface area contributed by atoms with Gasteiger partial charge in [-0.25, -0.2) is 0 Å². The van der Waals surface area contributed by atoms with Gasteiger partial charge in [0.25, 0.3) is 0 Å². The van der Waals surface area contributed by atoms with Gasteiger partial charge in [-0.1, -0.05) is 6.08 Å². The summed E-state index contributed by atoms with van der Waals surface area (Å²) in [5, 5.41) is 2.50. The van der Waals surface area contributed by atoms with Gasteiger partial charge in [0.15, 0.2) is 0 Å². The molecular weight excluding hydrogens is 196 g/mol. The monoisotopic (exact) mass is 214 g/mol. The number of carbonyl (C=O) groups is 2. The number of ether oxygens (including phenoxy) is 1. The zero-order valence-electron chi connectivity index (χ0n) is 8.99. The minimum Gasteiger partial charge on any atom is -0.375 e. The average Bonchev–Trinajstić information content (AvgIpc) is 2.16. The van der Waals surface area contributed by atoms with E-state index in [-0.39, 0.29) is 12.5 Å². The molecule has 0 unspecified atom stereocenters. The summed E-state index contributed by atoms with van der Waals surface area (Å²) in [6.07, 6.45) is 3.85. The maximum atomic E-state index is 11.1. The Morgan fingerprint density at radius 1 is 1.60 bits per heavy atom. The smallest absolute Gasteiger partial charge is 0.246 e. The summed E-state index contributed by atoms with van der Waals surface area (Å²) in [5.74, 6) is -0.858. The Bertz CT molecular complexity index is 229. The average molecular weight is 214 g/mol. The number of methoxy groups -OCH3 is 1. The molecule has 0 spiro atoms. The van der Waals surface area contributed by atoms with Crippen LogP contribution in [0.4, 0.5) is 0 Å². The number of rotatable bonds is 8. The summed E-state index contributed by atoms with van der Waals surface area (Å²) in [5.41, 5.74) is 5.14. The Labute approximate surface area is 89.7 Å². The molecule has 0 saturated heterocycles. The van der Waals surface area contributed by atoms with Crippen LogP contribution in [0.15, 0.2) is 12.7 Å². The van der Waals surface area contributed by atoms with Gasteiger partial charge in [0.2, 0.25) is 11.8 Å².